The lowest BCUT2D eigenvalue weighted by molar-refractivity contribution is 0.0827. The van der Waals surface area contributed by atoms with Crippen molar-refractivity contribution in [1.29, 1.82) is 0 Å². The third kappa shape index (κ3) is 8.94. The molecule has 5 heteroatoms. The molecular weight excluding hydrogens is 336 g/mol. The molecule has 0 aromatic heterocycles. The fourth-order valence-corrected chi connectivity index (χ4v) is 2.92. The Morgan fingerprint density at radius 3 is 2.59 bits per heavy atom. The molecule has 0 saturated heterocycles. The normalized spacial score (nSPS) is 12.6. The number of aliphatic imine (C=N–C) groups is 1. The van der Waals surface area contributed by atoms with Crippen LogP contribution in [-0.4, -0.2) is 50.5 Å². The number of benzene rings is 1. The van der Waals surface area contributed by atoms with Gasteiger partial charge in [0.05, 0.1) is 0 Å². The van der Waals surface area contributed by atoms with E-state index in [0.29, 0.717) is 5.92 Å². The van der Waals surface area contributed by atoms with E-state index in [1.165, 1.54) is 25.7 Å². The minimum Gasteiger partial charge on any atom is -0.357 e. The Morgan fingerprint density at radius 2 is 1.96 bits per heavy atom. The van der Waals surface area contributed by atoms with E-state index in [-0.39, 0.29) is 5.91 Å². The molecule has 1 aromatic carbocycles. The van der Waals surface area contributed by atoms with Gasteiger partial charge in [0, 0.05) is 39.3 Å². The molecule has 1 unspecified atom stereocenters. The molecule has 0 radical (unpaired) electrons. The van der Waals surface area contributed by atoms with Gasteiger partial charge >= 0.3 is 0 Å². The molecule has 0 aliphatic carbocycles. The summed E-state index contributed by atoms with van der Waals surface area (Å²) in [4.78, 5) is 18.5. The number of guanidine groups is 1. The Balaban J connectivity index is 2.58. The number of carbonyl (C=O) groups is 1. The third-order valence-corrected chi connectivity index (χ3v) is 4.68. The van der Waals surface area contributed by atoms with Gasteiger partial charge in [0.15, 0.2) is 5.96 Å². The van der Waals surface area contributed by atoms with E-state index in [1.807, 2.05) is 18.2 Å². The van der Waals surface area contributed by atoms with E-state index < -0.39 is 0 Å². The van der Waals surface area contributed by atoms with Gasteiger partial charge in [-0.15, -0.1) is 0 Å². The zero-order chi connectivity index (χ0) is 20.1. The predicted molar refractivity (Wildman–Crippen MR) is 115 cm³/mol. The first kappa shape index (κ1) is 23.0. The highest BCUT2D eigenvalue weighted by molar-refractivity contribution is 5.94. The van der Waals surface area contributed by atoms with Crippen molar-refractivity contribution in [3.8, 4) is 0 Å². The summed E-state index contributed by atoms with van der Waals surface area (Å²) >= 11 is 0. The molecule has 1 rings (SSSR count). The van der Waals surface area contributed by atoms with E-state index >= 15 is 0 Å². The highest BCUT2D eigenvalue weighted by atomic mass is 16.2. The van der Waals surface area contributed by atoms with Crippen molar-refractivity contribution >= 4 is 11.9 Å². The van der Waals surface area contributed by atoms with Crippen LogP contribution in [0.2, 0.25) is 0 Å². The molecule has 5 nitrogen and oxygen atoms in total. The molecule has 0 heterocycles. The lowest BCUT2D eigenvalue weighted by Crippen LogP contribution is -2.38. The van der Waals surface area contributed by atoms with Gasteiger partial charge in [-0.1, -0.05) is 45.2 Å². The van der Waals surface area contributed by atoms with Gasteiger partial charge < -0.3 is 15.5 Å². The van der Waals surface area contributed by atoms with Crippen molar-refractivity contribution in [1.82, 2.24) is 15.5 Å². The molecular formula is C22H38N4O. The lowest BCUT2D eigenvalue weighted by Gasteiger charge is -2.15. The van der Waals surface area contributed by atoms with E-state index in [2.05, 4.69) is 37.5 Å². The van der Waals surface area contributed by atoms with Crippen molar-refractivity contribution in [2.75, 3.05) is 33.7 Å². The Kier molecular flexibility index (Phi) is 11.2. The Morgan fingerprint density at radius 1 is 1.19 bits per heavy atom. The van der Waals surface area contributed by atoms with Crippen LogP contribution in [0.15, 0.2) is 29.3 Å². The second-order valence-corrected chi connectivity index (χ2v) is 7.21. The van der Waals surface area contributed by atoms with Crippen LogP contribution >= 0.6 is 0 Å². The maximum atomic E-state index is 12.1. The highest BCUT2D eigenvalue weighted by Gasteiger charge is 2.09. The predicted octanol–water partition coefficient (Wildman–Crippen LogP) is 3.70. The van der Waals surface area contributed by atoms with Crippen molar-refractivity contribution in [2.45, 2.75) is 52.9 Å². The number of nitrogens with zero attached hydrogens (tertiary/aromatic N) is 2. The lowest BCUT2D eigenvalue weighted by atomic mass is 10.00. The molecule has 152 valence electrons. The van der Waals surface area contributed by atoms with Gasteiger partial charge in [-0.2, -0.15) is 0 Å². The summed E-state index contributed by atoms with van der Waals surface area (Å²) in [7, 11) is 3.56. The minimum absolute atomic E-state index is 0.0393. The van der Waals surface area contributed by atoms with E-state index in [0.717, 1.165) is 43.1 Å². The second kappa shape index (κ2) is 13.2. The molecule has 0 saturated carbocycles. The SMILES string of the molecule is CCCCC(CC)CN=C(NCC)NCCc1cccc(C(=O)N(C)C)c1. The van der Waals surface area contributed by atoms with E-state index in [1.54, 1.807) is 19.0 Å². The average molecular weight is 375 g/mol. The summed E-state index contributed by atoms with van der Waals surface area (Å²) in [5, 5.41) is 6.75. The molecule has 1 aromatic rings. The number of nitrogens with one attached hydrogen (secondary N) is 2. The second-order valence-electron chi connectivity index (χ2n) is 7.21. The van der Waals surface area contributed by atoms with Crippen molar-refractivity contribution < 1.29 is 4.79 Å². The highest BCUT2D eigenvalue weighted by Crippen LogP contribution is 2.12. The quantitative estimate of drug-likeness (QED) is 0.459. The minimum atomic E-state index is 0.0393. The number of rotatable bonds is 11. The first-order valence-electron chi connectivity index (χ1n) is 10.3. The summed E-state index contributed by atoms with van der Waals surface area (Å²) in [5.74, 6) is 1.58. The summed E-state index contributed by atoms with van der Waals surface area (Å²) < 4.78 is 0. The first-order valence-corrected chi connectivity index (χ1v) is 10.3. The molecule has 2 N–H and O–H groups in total. The van der Waals surface area contributed by atoms with Crippen LogP contribution in [0.5, 0.6) is 0 Å². The topological polar surface area (TPSA) is 56.7 Å². The zero-order valence-corrected chi connectivity index (χ0v) is 17.8. The van der Waals surface area contributed by atoms with Crippen LogP contribution in [0.25, 0.3) is 0 Å². The molecule has 27 heavy (non-hydrogen) atoms. The van der Waals surface area contributed by atoms with Crippen LogP contribution in [0.1, 0.15) is 62.4 Å². The molecule has 0 bridgehead atoms. The maximum Gasteiger partial charge on any atom is 0.253 e. The number of amides is 1. The number of hydrogen-bond acceptors (Lipinski definition) is 2. The van der Waals surface area contributed by atoms with Gasteiger partial charge in [-0.25, -0.2) is 0 Å². The van der Waals surface area contributed by atoms with Crippen molar-refractivity contribution in [3.05, 3.63) is 35.4 Å². The summed E-state index contributed by atoms with van der Waals surface area (Å²) in [5.41, 5.74) is 1.89. The van der Waals surface area contributed by atoms with Crippen LogP contribution in [0.4, 0.5) is 0 Å². The molecule has 0 fully saturated rings. The number of hydrogen-bond donors (Lipinski definition) is 2. The number of carbonyl (C=O) groups excluding carboxylic acids is 1. The van der Waals surface area contributed by atoms with Crippen LogP contribution in [0, 0.1) is 5.92 Å². The molecule has 0 aliphatic heterocycles. The van der Waals surface area contributed by atoms with E-state index in [4.69, 9.17) is 4.99 Å². The van der Waals surface area contributed by atoms with Crippen molar-refractivity contribution in [3.63, 3.8) is 0 Å². The fourth-order valence-electron chi connectivity index (χ4n) is 2.92. The molecule has 1 amide bonds. The summed E-state index contributed by atoms with van der Waals surface area (Å²) in [6, 6.07) is 7.86. The van der Waals surface area contributed by atoms with Crippen LogP contribution < -0.4 is 10.6 Å². The van der Waals surface area contributed by atoms with Gasteiger partial charge in [-0.3, -0.25) is 9.79 Å². The zero-order valence-electron chi connectivity index (χ0n) is 17.8. The van der Waals surface area contributed by atoms with Crippen LogP contribution in [-0.2, 0) is 6.42 Å². The molecule has 0 aliphatic rings. The number of unbranched alkanes of at least 4 members (excludes halogenated alkanes) is 1. The van der Waals surface area contributed by atoms with Gasteiger partial charge in [0.25, 0.3) is 5.91 Å². The molecule has 1 atom stereocenters. The fraction of sp³-hybridized carbons (Fsp3) is 0.636. The first-order chi connectivity index (χ1) is 13.0. The average Bonchev–Trinajstić information content (AvgIpc) is 2.67. The molecule has 0 spiro atoms. The largest absolute Gasteiger partial charge is 0.357 e. The van der Waals surface area contributed by atoms with Gasteiger partial charge in [0.2, 0.25) is 0 Å². The van der Waals surface area contributed by atoms with Gasteiger partial charge in [0.1, 0.15) is 0 Å². The van der Waals surface area contributed by atoms with Gasteiger partial charge in [-0.05, 0) is 43.4 Å². The standard InChI is InChI=1S/C22H38N4O/c1-6-9-11-18(7-2)17-25-22(23-8-3)24-15-14-19-12-10-13-20(16-19)21(27)26(4)5/h10,12-13,16,18H,6-9,11,14-15,17H2,1-5H3,(H2,23,24,25). The Bertz CT molecular complexity index is 583. The Hall–Kier alpha value is -2.04. The summed E-state index contributed by atoms with van der Waals surface area (Å²) in [6.45, 7) is 9.09. The smallest absolute Gasteiger partial charge is 0.253 e. The Labute approximate surface area is 165 Å². The van der Waals surface area contributed by atoms with E-state index in [9.17, 15) is 4.79 Å². The monoisotopic (exact) mass is 374 g/mol. The van der Waals surface area contributed by atoms with Crippen molar-refractivity contribution in [2.24, 2.45) is 10.9 Å². The van der Waals surface area contributed by atoms with Crippen LogP contribution in [0.3, 0.4) is 0 Å². The maximum absolute atomic E-state index is 12.1. The summed E-state index contributed by atoms with van der Waals surface area (Å²) in [6.07, 6.45) is 5.80. The third-order valence-electron chi connectivity index (χ3n) is 4.68.